The van der Waals surface area contributed by atoms with Gasteiger partial charge in [-0.15, -0.1) is 0 Å². The Hall–Kier alpha value is -3.74. The number of urea groups is 1. The molecule has 7 heteroatoms. The van der Waals surface area contributed by atoms with E-state index in [4.69, 9.17) is 0 Å². The normalized spacial score (nSPS) is 17.8. The molecule has 0 radical (unpaired) electrons. The summed E-state index contributed by atoms with van der Waals surface area (Å²) in [6.07, 6.45) is 1.11. The van der Waals surface area contributed by atoms with Crippen LogP contribution in [0.4, 0.5) is 9.18 Å². The fourth-order valence-electron chi connectivity index (χ4n) is 4.69. The molecule has 4 rings (SSSR count). The average Bonchev–Trinajstić information content (AvgIpc) is 3.26. The van der Waals surface area contributed by atoms with Gasteiger partial charge in [0.15, 0.2) is 5.78 Å². The van der Waals surface area contributed by atoms with Crippen molar-refractivity contribution in [3.63, 3.8) is 0 Å². The predicted molar refractivity (Wildman–Crippen MR) is 127 cm³/mol. The van der Waals surface area contributed by atoms with E-state index in [2.05, 4.69) is 22.0 Å². The maximum Gasteiger partial charge on any atom is 0.325 e. The zero-order valence-corrected chi connectivity index (χ0v) is 19.6. The highest BCUT2D eigenvalue weighted by molar-refractivity contribution is 6.11. The molecule has 0 saturated carbocycles. The number of halogens is 1. The molecule has 34 heavy (non-hydrogen) atoms. The molecule has 6 nitrogen and oxygen atoms in total. The van der Waals surface area contributed by atoms with Gasteiger partial charge in [-0.3, -0.25) is 14.5 Å². The molecule has 3 amide bonds. The summed E-state index contributed by atoms with van der Waals surface area (Å²) in [6.45, 7) is 5.97. The van der Waals surface area contributed by atoms with E-state index < -0.39 is 23.3 Å². The lowest BCUT2D eigenvalue weighted by Crippen LogP contribution is -2.43. The number of aryl methyl sites for hydroxylation is 2. The molecule has 176 valence electrons. The van der Waals surface area contributed by atoms with Gasteiger partial charge in [-0.05, 0) is 56.0 Å². The van der Waals surface area contributed by atoms with Crippen LogP contribution in [0.5, 0.6) is 0 Å². The third-order valence-corrected chi connectivity index (χ3v) is 6.69. The Morgan fingerprint density at radius 3 is 2.35 bits per heavy atom. The molecule has 1 aliphatic rings. The lowest BCUT2D eigenvalue weighted by atomic mass is 9.87. The fourth-order valence-corrected chi connectivity index (χ4v) is 4.69. The number of hydrogen-bond acceptors (Lipinski definition) is 3. The molecular formula is C27H28FN3O3. The minimum Gasteiger partial charge on any atom is -0.348 e. The molecule has 1 aromatic heterocycles. The Bertz CT molecular complexity index is 1230. The second-order valence-electron chi connectivity index (χ2n) is 8.68. The Morgan fingerprint density at radius 1 is 1.03 bits per heavy atom. The minimum atomic E-state index is -1.31. The summed E-state index contributed by atoms with van der Waals surface area (Å²) in [4.78, 5) is 40.2. The van der Waals surface area contributed by atoms with Crippen LogP contribution in [0.3, 0.4) is 0 Å². The third-order valence-electron chi connectivity index (χ3n) is 6.69. The van der Waals surface area contributed by atoms with Crippen LogP contribution in [-0.4, -0.2) is 33.7 Å². The van der Waals surface area contributed by atoms with Crippen molar-refractivity contribution < 1.29 is 18.8 Å². The first-order valence-electron chi connectivity index (χ1n) is 11.4. The van der Waals surface area contributed by atoms with Crippen LogP contribution < -0.4 is 5.32 Å². The van der Waals surface area contributed by atoms with Gasteiger partial charge in [-0.25, -0.2) is 9.18 Å². The molecule has 1 aliphatic heterocycles. The molecule has 0 aliphatic carbocycles. The SMILES string of the molecule is CC[C@]1(c2ccc(F)cc2)NC(=O)N(CC(=O)c2cc(C)n(CCc3ccccc3)c2C)C1=O. The number of hydrogen-bond donors (Lipinski definition) is 1. The van der Waals surface area contributed by atoms with E-state index in [9.17, 15) is 18.8 Å². The van der Waals surface area contributed by atoms with Crippen molar-refractivity contribution in [2.45, 2.75) is 45.7 Å². The number of imide groups is 1. The molecule has 1 N–H and O–H groups in total. The summed E-state index contributed by atoms with van der Waals surface area (Å²) in [6, 6.07) is 16.8. The van der Waals surface area contributed by atoms with Gasteiger partial charge in [0.05, 0.1) is 6.54 Å². The van der Waals surface area contributed by atoms with Gasteiger partial charge < -0.3 is 9.88 Å². The minimum absolute atomic E-state index is 0.280. The zero-order valence-electron chi connectivity index (χ0n) is 19.6. The quantitative estimate of drug-likeness (QED) is 0.396. The summed E-state index contributed by atoms with van der Waals surface area (Å²) >= 11 is 0. The Labute approximate surface area is 198 Å². The number of rotatable bonds is 8. The second-order valence-corrected chi connectivity index (χ2v) is 8.68. The Morgan fingerprint density at radius 2 is 1.71 bits per heavy atom. The standard InChI is InChI=1S/C27H28FN3O3/c1-4-27(21-10-12-22(28)13-11-21)25(33)31(26(34)29-27)17-24(32)23-16-18(2)30(19(23)3)15-14-20-8-6-5-7-9-20/h5-13,16H,4,14-15,17H2,1-3H3,(H,29,34)/t27-/m1/s1. The summed E-state index contributed by atoms with van der Waals surface area (Å²) in [5, 5.41) is 2.74. The van der Waals surface area contributed by atoms with Crippen molar-refractivity contribution in [3.05, 3.63) is 94.6 Å². The molecule has 3 aromatic rings. The third kappa shape index (κ3) is 4.14. The van der Waals surface area contributed by atoms with Crippen molar-refractivity contribution in [2.75, 3.05) is 6.54 Å². The van der Waals surface area contributed by atoms with Gasteiger partial charge in [-0.1, -0.05) is 49.4 Å². The molecule has 0 bridgehead atoms. The van der Waals surface area contributed by atoms with E-state index in [1.54, 1.807) is 6.92 Å². The molecular weight excluding hydrogens is 433 g/mol. The highest BCUT2D eigenvalue weighted by Gasteiger charge is 2.51. The van der Waals surface area contributed by atoms with E-state index in [0.717, 1.165) is 29.3 Å². The van der Waals surface area contributed by atoms with E-state index in [0.29, 0.717) is 11.1 Å². The van der Waals surface area contributed by atoms with E-state index in [1.807, 2.05) is 38.1 Å². The van der Waals surface area contributed by atoms with Crippen molar-refractivity contribution in [1.29, 1.82) is 0 Å². The first-order chi connectivity index (χ1) is 16.3. The van der Waals surface area contributed by atoms with Crippen LogP contribution in [0.25, 0.3) is 0 Å². The van der Waals surface area contributed by atoms with E-state index in [1.165, 1.54) is 29.8 Å². The molecule has 2 aromatic carbocycles. The van der Waals surface area contributed by atoms with Crippen LogP contribution in [0.1, 0.15) is 46.2 Å². The van der Waals surface area contributed by atoms with Gasteiger partial charge in [0, 0.05) is 23.5 Å². The number of carbonyl (C=O) groups excluding carboxylic acids is 3. The van der Waals surface area contributed by atoms with Crippen LogP contribution in [-0.2, 0) is 23.3 Å². The number of aromatic nitrogens is 1. The van der Waals surface area contributed by atoms with Gasteiger partial charge in [-0.2, -0.15) is 0 Å². The first-order valence-corrected chi connectivity index (χ1v) is 11.4. The smallest absolute Gasteiger partial charge is 0.325 e. The summed E-state index contributed by atoms with van der Waals surface area (Å²) in [7, 11) is 0. The topological polar surface area (TPSA) is 71.4 Å². The molecule has 1 fully saturated rings. The maximum atomic E-state index is 13.4. The fraction of sp³-hybridized carbons (Fsp3) is 0.296. The van der Waals surface area contributed by atoms with Gasteiger partial charge in [0.2, 0.25) is 0 Å². The molecule has 1 saturated heterocycles. The second kappa shape index (κ2) is 9.25. The molecule has 2 heterocycles. The number of amides is 3. The van der Waals surface area contributed by atoms with E-state index >= 15 is 0 Å². The van der Waals surface area contributed by atoms with Crippen LogP contribution in [0.2, 0.25) is 0 Å². The number of nitrogens with zero attached hydrogens (tertiary/aromatic N) is 2. The lowest BCUT2D eigenvalue weighted by molar-refractivity contribution is -0.131. The number of Topliss-reactive ketones (excluding diaryl/α,β-unsaturated/α-hetero) is 1. The Balaban J connectivity index is 1.53. The van der Waals surface area contributed by atoms with Crippen molar-refractivity contribution in [3.8, 4) is 0 Å². The van der Waals surface area contributed by atoms with Crippen molar-refractivity contribution in [1.82, 2.24) is 14.8 Å². The zero-order chi connectivity index (χ0) is 24.5. The lowest BCUT2D eigenvalue weighted by Gasteiger charge is -2.25. The summed E-state index contributed by atoms with van der Waals surface area (Å²) < 4.78 is 15.5. The molecule has 1 atom stereocenters. The number of benzene rings is 2. The number of nitrogens with one attached hydrogen (secondary N) is 1. The molecule has 0 unspecified atom stereocenters. The van der Waals surface area contributed by atoms with Gasteiger partial charge in [0.25, 0.3) is 5.91 Å². The van der Waals surface area contributed by atoms with Crippen LogP contribution in [0.15, 0.2) is 60.7 Å². The van der Waals surface area contributed by atoms with E-state index in [-0.39, 0.29) is 18.7 Å². The van der Waals surface area contributed by atoms with Gasteiger partial charge >= 0.3 is 6.03 Å². The monoisotopic (exact) mass is 461 g/mol. The Kier molecular flexibility index (Phi) is 6.37. The summed E-state index contributed by atoms with van der Waals surface area (Å²) in [5.41, 5.74) is 2.65. The van der Waals surface area contributed by atoms with Crippen LogP contribution >= 0.6 is 0 Å². The number of carbonyl (C=O) groups is 3. The van der Waals surface area contributed by atoms with Crippen LogP contribution in [0, 0.1) is 19.7 Å². The predicted octanol–water partition coefficient (Wildman–Crippen LogP) is 4.53. The van der Waals surface area contributed by atoms with Crippen molar-refractivity contribution >= 4 is 17.7 Å². The largest absolute Gasteiger partial charge is 0.348 e. The maximum absolute atomic E-state index is 13.4. The summed E-state index contributed by atoms with van der Waals surface area (Å²) in [5.74, 6) is -1.23. The van der Waals surface area contributed by atoms with Gasteiger partial charge in [0.1, 0.15) is 11.4 Å². The average molecular weight is 462 g/mol. The first kappa shape index (κ1) is 23.4. The highest BCUT2D eigenvalue weighted by atomic mass is 19.1. The van der Waals surface area contributed by atoms with Crippen molar-refractivity contribution in [2.24, 2.45) is 0 Å². The number of ketones is 1. The molecule has 0 spiro atoms. The highest BCUT2D eigenvalue weighted by Crippen LogP contribution is 2.33.